The summed E-state index contributed by atoms with van der Waals surface area (Å²) in [4.78, 5) is 8.09. The first-order valence-electron chi connectivity index (χ1n) is 7.02. The molecule has 0 saturated carbocycles. The summed E-state index contributed by atoms with van der Waals surface area (Å²) in [7, 11) is 0. The molecule has 0 spiro atoms. The lowest BCUT2D eigenvalue weighted by molar-refractivity contribution is 1.36. The van der Waals surface area contributed by atoms with E-state index in [9.17, 15) is 0 Å². The molecule has 2 heterocycles. The van der Waals surface area contributed by atoms with Gasteiger partial charge in [0.25, 0.3) is 0 Å². The molecular formula is C19H15BrN2. The molecule has 0 atom stereocenters. The maximum absolute atomic E-state index is 4.05. The molecule has 2 aromatic carbocycles. The van der Waals surface area contributed by atoms with Crippen molar-refractivity contribution in [2.45, 2.75) is 6.92 Å². The van der Waals surface area contributed by atoms with Crippen LogP contribution in [0.5, 0.6) is 0 Å². The van der Waals surface area contributed by atoms with E-state index >= 15 is 0 Å². The van der Waals surface area contributed by atoms with E-state index in [2.05, 4.69) is 63.2 Å². The zero-order valence-corrected chi connectivity index (χ0v) is 13.8. The molecule has 2 aromatic heterocycles. The second-order valence-corrected chi connectivity index (χ2v) is 6.01. The predicted octanol–water partition coefficient (Wildman–Crippen LogP) is 5.54. The second-order valence-electron chi connectivity index (χ2n) is 5.09. The maximum atomic E-state index is 4.05. The van der Waals surface area contributed by atoms with Crippen LogP contribution in [0, 0.1) is 6.92 Å². The number of aromatic nitrogens is 2. The van der Waals surface area contributed by atoms with Gasteiger partial charge in [0.15, 0.2) is 0 Å². The fourth-order valence-electron chi connectivity index (χ4n) is 2.26. The Hall–Kier alpha value is -2.26. The zero-order valence-electron chi connectivity index (χ0n) is 12.2. The molecule has 4 rings (SSSR count). The summed E-state index contributed by atoms with van der Waals surface area (Å²) in [6, 6.07) is 16.6. The van der Waals surface area contributed by atoms with E-state index in [0.29, 0.717) is 0 Å². The Morgan fingerprint density at radius 2 is 1.27 bits per heavy atom. The molecule has 0 bridgehead atoms. The van der Waals surface area contributed by atoms with Gasteiger partial charge in [-0.2, -0.15) is 0 Å². The average Bonchev–Trinajstić information content (AvgIpc) is 2.55. The lowest BCUT2D eigenvalue weighted by atomic mass is 10.1. The fraction of sp³-hybridized carbons (Fsp3) is 0.0526. The van der Waals surface area contributed by atoms with Crippen LogP contribution in [0.25, 0.3) is 21.5 Å². The highest BCUT2D eigenvalue weighted by atomic mass is 79.9. The van der Waals surface area contributed by atoms with Crippen LogP contribution in [0.15, 0.2) is 77.8 Å². The lowest BCUT2D eigenvalue weighted by Gasteiger charge is -1.96. The molecular weight excluding hydrogens is 336 g/mol. The van der Waals surface area contributed by atoms with E-state index in [4.69, 9.17) is 0 Å². The van der Waals surface area contributed by atoms with E-state index < -0.39 is 0 Å². The summed E-state index contributed by atoms with van der Waals surface area (Å²) < 4.78 is 1.10. The van der Waals surface area contributed by atoms with Crippen LogP contribution >= 0.6 is 15.9 Å². The summed E-state index contributed by atoms with van der Waals surface area (Å²) in [6.45, 7) is 2.09. The maximum Gasteiger partial charge on any atom is 0.0346 e. The van der Waals surface area contributed by atoms with Gasteiger partial charge in [0.05, 0.1) is 0 Å². The number of halogens is 1. The van der Waals surface area contributed by atoms with Crippen molar-refractivity contribution in [2.24, 2.45) is 0 Å². The summed E-state index contributed by atoms with van der Waals surface area (Å²) in [5, 5.41) is 4.86. The molecule has 0 aliphatic carbocycles. The molecule has 0 unspecified atom stereocenters. The molecule has 0 aliphatic rings. The number of hydrogen-bond acceptors (Lipinski definition) is 2. The van der Waals surface area contributed by atoms with Crippen LogP contribution in [0.1, 0.15) is 5.56 Å². The molecule has 0 radical (unpaired) electrons. The third kappa shape index (κ3) is 3.49. The number of rotatable bonds is 0. The van der Waals surface area contributed by atoms with Crippen molar-refractivity contribution in [3.05, 3.63) is 83.4 Å². The van der Waals surface area contributed by atoms with Gasteiger partial charge in [0.2, 0.25) is 0 Å². The summed E-state index contributed by atoms with van der Waals surface area (Å²) in [5.74, 6) is 0. The van der Waals surface area contributed by atoms with Gasteiger partial charge >= 0.3 is 0 Å². The minimum atomic E-state index is 1.10. The Labute approximate surface area is 138 Å². The number of aryl methyl sites for hydroxylation is 1. The average molecular weight is 351 g/mol. The van der Waals surface area contributed by atoms with E-state index in [0.717, 1.165) is 4.47 Å². The first kappa shape index (κ1) is 14.7. The van der Waals surface area contributed by atoms with Crippen molar-refractivity contribution in [1.29, 1.82) is 0 Å². The minimum Gasteiger partial charge on any atom is -0.264 e. The quantitative estimate of drug-likeness (QED) is 0.416. The molecule has 3 heteroatoms. The van der Waals surface area contributed by atoms with Crippen molar-refractivity contribution in [3.8, 4) is 0 Å². The smallest absolute Gasteiger partial charge is 0.0346 e. The lowest BCUT2D eigenvalue weighted by Crippen LogP contribution is -1.75. The molecule has 0 aliphatic heterocycles. The van der Waals surface area contributed by atoms with E-state index in [1.54, 1.807) is 6.20 Å². The Bertz CT molecular complexity index is 842. The van der Waals surface area contributed by atoms with Crippen molar-refractivity contribution < 1.29 is 0 Å². The van der Waals surface area contributed by atoms with Gasteiger partial charge < -0.3 is 0 Å². The van der Waals surface area contributed by atoms with Crippen LogP contribution in [0.2, 0.25) is 0 Å². The van der Waals surface area contributed by atoms with Gasteiger partial charge in [-0.05, 0) is 48.0 Å². The predicted molar refractivity (Wildman–Crippen MR) is 95.9 cm³/mol. The minimum absolute atomic E-state index is 1.10. The van der Waals surface area contributed by atoms with Crippen LogP contribution in [-0.4, -0.2) is 9.97 Å². The zero-order chi connectivity index (χ0) is 15.4. The SMILES string of the molecule is Brc1ccc2ccncc2c1.Cc1ccc2ccncc2c1. The van der Waals surface area contributed by atoms with Gasteiger partial charge in [-0.1, -0.05) is 39.7 Å². The van der Waals surface area contributed by atoms with Crippen LogP contribution in [-0.2, 0) is 0 Å². The van der Waals surface area contributed by atoms with Gasteiger partial charge in [0.1, 0.15) is 0 Å². The van der Waals surface area contributed by atoms with Gasteiger partial charge in [-0.25, -0.2) is 0 Å². The Morgan fingerprint density at radius 3 is 1.95 bits per heavy atom. The Kier molecular flexibility index (Phi) is 4.45. The third-order valence-electron chi connectivity index (χ3n) is 3.40. The Balaban J connectivity index is 0.000000131. The first-order valence-corrected chi connectivity index (χ1v) is 7.81. The number of benzene rings is 2. The van der Waals surface area contributed by atoms with Gasteiger partial charge in [-0.15, -0.1) is 0 Å². The molecule has 0 N–H and O–H groups in total. The molecule has 0 fully saturated rings. The third-order valence-corrected chi connectivity index (χ3v) is 3.89. The molecule has 4 aromatic rings. The Morgan fingerprint density at radius 1 is 0.682 bits per heavy atom. The van der Waals surface area contributed by atoms with Crippen molar-refractivity contribution >= 4 is 37.5 Å². The largest absolute Gasteiger partial charge is 0.264 e. The number of hydrogen-bond donors (Lipinski definition) is 0. The monoisotopic (exact) mass is 350 g/mol. The molecule has 108 valence electrons. The van der Waals surface area contributed by atoms with Crippen LogP contribution in [0.4, 0.5) is 0 Å². The summed E-state index contributed by atoms with van der Waals surface area (Å²) in [5.41, 5.74) is 1.28. The first-order chi connectivity index (χ1) is 10.7. The van der Waals surface area contributed by atoms with Crippen molar-refractivity contribution in [3.63, 3.8) is 0 Å². The molecule has 2 nitrogen and oxygen atoms in total. The number of nitrogens with zero attached hydrogens (tertiary/aromatic N) is 2. The second kappa shape index (κ2) is 6.67. The van der Waals surface area contributed by atoms with Crippen LogP contribution < -0.4 is 0 Å². The standard InChI is InChI=1S/C10H9N.C9H6BrN/c1-8-2-3-9-4-5-11-7-10(9)6-8;10-9-2-1-7-3-4-11-6-8(7)5-9/h2-7H,1H3;1-6H. The normalized spacial score (nSPS) is 10.3. The summed E-state index contributed by atoms with van der Waals surface area (Å²) >= 11 is 3.40. The molecule has 22 heavy (non-hydrogen) atoms. The topological polar surface area (TPSA) is 25.8 Å². The highest BCUT2D eigenvalue weighted by Gasteiger charge is 1.91. The van der Waals surface area contributed by atoms with Crippen molar-refractivity contribution in [1.82, 2.24) is 9.97 Å². The number of pyridine rings is 2. The van der Waals surface area contributed by atoms with Crippen molar-refractivity contribution in [2.75, 3.05) is 0 Å². The molecule has 0 saturated heterocycles. The van der Waals surface area contributed by atoms with Gasteiger partial charge in [0, 0.05) is 40.0 Å². The fourth-order valence-corrected chi connectivity index (χ4v) is 2.64. The summed E-state index contributed by atoms with van der Waals surface area (Å²) in [6.07, 6.45) is 7.37. The highest BCUT2D eigenvalue weighted by Crippen LogP contribution is 2.17. The van der Waals surface area contributed by atoms with Gasteiger partial charge in [-0.3, -0.25) is 9.97 Å². The molecule has 0 amide bonds. The van der Waals surface area contributed by atoms with E-state index in [1.165, 1.54) is 27.1 Å². The van der Waals surface area contributed by atoms with E-state index in [1.807, 2.05) is 36.8 Å². The van der Waals surface area contributed by atoms with E-state index in [-0.39, 0.29) is 0 Å². The number of fused-ring (bicyclic) bond motifs is 2. The highest BCUT2D eigenvalue weighted by molar-refractivity contribution is 9.10. The van der Waals surface area contributed by atoms with Crippen LogP contribution in [0.3, 0.4) is 0 Å².